The van der Waals surface area contributed by atoms with E-state index in [4.69, 9.17) is 0 Å². The molecule has 0 spiro atoms. The average molecular weight is 244 g/mol. The van der Waals surface area contributed by atoms with Gasteiger partial charge in [0, 0.05) is 19.1 Å². The van der Waals surface area contributed by atoms with E-state index < -0.39 is 9.28 Å². The smallest absolute Gasteiger partial charge is 0.264 e. The Morgan fingerprint density at radius 3 is 2.31 bits per heavy atom. The third kappa shape index (κ3) is 4.51. The Bertz CT molecular complexity index is 169. The maximum Gasteiger partial charge on any atom is 0.264 e. The van der Waals surface area contributed by atoms with Crippen LogP contribution in [-0.2, 0) is 0 Å². The molecular formula is C11H28N4Si. The maximum atomic E-state index is 3.58. The SMILES string of the molecule is CCN(CCN[SiH](NC)NC)C1CCCC1. The molecule has 1 aliphatic rings. The van der Waals surface area contributed by atoms with Crippen molar-refractivity contribution in [2.24, 2.45) is 0 Å². The molecule has 0 aromatic heterocycles. The lowest BCUT2D eigenvalue weighted by Gasteiger charge is -2.28. The molecule has 3 N–H and O–H groups in total. The van der Waals surface area contributed by atoms with Gasteiger partial charge in [-0.2, -0.15) is 0 Å². The van der Waals surface area contributed by atoms with Gasteiger partial charge in [-0.3, -0.25) is 4.90 Å². The lowest BCUT2D eigenvalue weighted by atomic mass is 10.2. The zero-order valence-corrected chi connectivity index (χ0v) is 12.2. The van der Waals surface area contributed by atoms with Crippen LogP contribution in [0, 0.1) is 0 Å². The molecule has 4 nitrogen and oxygen atoms in total. The van der Waals surface area contributed by atoms with Gasteiger partial charge in [0.1, 0.15) is 0 Å². The largest absolute Gasteiger partial charge is 0.319 e. The van der Waals surface area contributed by atoms with Crippen molar-refractivity contribution in [3.8, 4) is 0 Å². The summed E-state index contributed by atoms with van der Waals surface area (Å²) >= 11 is 0. The molecule has 0 radical (unpaired) electrons. The van der Waals surface area contributed by atoms with Crippen molar-refractivity contribution in [2.75, 3.05) is 33.7 Å². The van der Waals surface area contributed by atoms with E-state index in [1.54, 1.807) is 0 Å². The first-order chi connectivity index (χ1) is 7.81. The summed E-state index contributed by atoms with van der Waals surface area (Å²) in [6, 6.07) is 0.857. The van der Waals surface area contributed by atoms with Crippen molar-refractivity contribution in [3.63, 3.8) is 0 Å². The first-order valence-electron chi connectivity index (χ1n) is 6.63. The number of rotatable bonds is 8. The second-order valence-corrected chi connectivity index (χ2v) is 6.96. The molecule has 0 unspecified atom stereocenters. The van der Waals surface area contributed by atoms with E-state index in [1.807, 2.05) is 14.1 Å². The predicted octanol–water partition coefficient (Wildman–Crippen LogP) is -0.00350. The number of hydrogen-bond donors (Lipinski definition) is 3. The molecule has 1 fully saturated rings. The van der Waals surface area contributed by atoms with Crippen LogP contribution in [0.25, 0.3) is 0 Å². The van der Waals surface area contributed by atoms with E-state index in [9.17, 15) is 0 Å². The molecule has 16 heavy (non-hydrogen) atoms. The van der Waals surface area contributed by atoms with Crippen LogP contribution in [0.1, 0.15) is 32.6 Å². The number of nitrogens with zero attached hydrogens (tertiary/aromatic N) is 1. The quantitative estimate of drug-likeness (QED) is 0.526. The summed E-state index contributed by atoms with van der Waals surface area (Å²) in [5.41, 5.74) is 0. The summed E-state index contributed by atoms with van der Waals surface area (Å²) in [5.74, 6) is 0. The van der Waals surface area contributed by atoms with Crippen LogP contribution in [0.3, 0.4) is 0 Å². The van der Waals surface area contributed by atoms with Gasteiger partial charge in [-0.15, -0.1) is 0 Å². The first kappa shape index (κ1) is 14.1. The van der Waals surface area contributed by atoms with Crippen LogP contribution in [0.2, 0.25) is 0 Å². The minimum Gasteiger partial charge on any atom is -0.319 e. The summed E-state index contributed by atoms with van der Waals surface area (Å²) in [7, 11) is 2.97. The Morgan fingerprint density at radius 1 is 1.19 bits per heavy atom. The Labute approximate surface area is 102 Å². The van der Waals surface area contributed by atoms with E-state index in [0.717, 1.165) is 12.6 Å². The van der Waals surface area contributed by atoms with Crippen molar-refractivity contribution in [1.82, 2.24) is 19.8 Å². The Morgan fingerprint density at radius 2 is 1.81 bits per heavy atom. The fraction of sp³-hybridized carbons (Fsp3) is 1.00. The van der Waals surface area contributed by atoms with E-state index >= 15 is 0 Å². The molecule has 0 atom stereocenters. The van der Waals surface area contributed by atoms with Crippen molar-refractivity contribution in [1.29, 1.82) is 0 Å². The molecule has 1 aliphatic carbocycles. The number of likely N-dealkylation sites (N-methyl/N-ethyl adjacent to an activating group) is 1. The van der Waals surface area contributed by atoms with E-state index in [0.29, 0.717) is 0 Å². The summed E-state index contributed by atoms with van der Waals surface area (Å²) in [5, 5.41) is 0. The van der Waals surface area contributed by atoms with Crippen LogP contribution in [0.15, 0.2) is 0 Å². The summed E-state index contributed by atoms with van der Waals surface area (Å²) < 4.78 is 0. The molecule has 5 heteroatoms. The molecular weight excluding hydrogens is 216 g/mol. The van der Waals surface area contributed by atoms with E-state index in [2.05, 4.69) is 26.8 Å². The molecule has 1 rings (SSSR count). The highest BCUT2D eigenvalue weighted by Crippen LogP contribution is 2.22. The maximum absolute atomic E-state index is 3.58. The Balaban J connectivity index is 2.17. The van der Waals surface area contributed by atoms with E-state index in [-0.39, 0.29) is 0 Å². The molecule has 96 valence electrons. The standard InChI is InChI=1S/C11H28N4Si/c1-4-15(11-7-5-6-8-11)10-9-14-16(12-2)13-3/h11-14,16H,4-10H2,1-3H3. The molecule has 0 bridgehead atoms. The topological polar surface area (TPSA) is 39.3 Å². The average Bonchev–Trinajstić information content (AvgIpc) is 2.83. The third-order valence-electron chi connectivity index (χ3n) is 3.57. The second-order valence-electron chi connectivity index (χ2n) is 4.53. The van der Waals surface area contributed by atoms with Gasteiger partial charge in [0.05, 0.1) is 0 Å². The highest BCUT2D eigenvalue weighted by molar-refractivity contribution is 6.50. The van der Waals surface area contributed by atoms with Crippen LogP contribution >= 0.6 is 0 Å². The summed E-state index contributed by atoms with van der Waals surface area (Å²) in [6.45, 7) is 5.76. The summed E-state index contributed by atoms with van der Waals surface area (Å²) in [4.78, 5) is 12.8. The van der Waals surface area contributed by atoms with Gasteiger partial charge in [-0.1, -0.05) is 19.8 Å². The van der Waals surface area contributed by atoms with Gasteiger partial charge in [-0.05, 0) is 33.5 Å². The van der Waals surface area contributed by atoms with Gasteiger partial charge in [0.25, 0.3) is 9.28 Å². The fourth-order valence-corrected chi connectivity index (χ4v) is 3.68. The highest BCUT2D eigenvalue weighted by Gasteiger charge is 2.20. The predicted molar refractivity (Wildman–Crippen MR) is 72.8 cm³/mol. The van der Waals surface area contributed by atoms with Crippen molar-refractivity contribution >= 4 is 9.28 Å². The number of nitrogens with one attached hydrogen (secondary N) is 3. The van der Waals surface area contributed by atoms with Crippen LogP contribution in [-0.4, -0.2) is 54.0 Å². The summed E-state index contributed by atoms with van der Waals surface area (Å²) in [6.07, 6.45) is 5.68. The monoisotopic (exact) mass is 244 g/mol. The molecule has 0 aromatic carbocycles. The van der Waals surface area contributed by atoms with Crippen molar-refractivity contribution in [2.45, 2.75) is 38.6 Å². The minimum absolute atomic E-state index is 0.857. The van der Waals surface area contributed by atoms with Crippen LogP contribution < -0.4 is 14.9 Å². The first-order valence-corrected chi connectivity index (χ1v) is 8.37. The third-order valence-corrected chi connectivity index (χ3v) is 5.42. The minimum atomic E-state index is -1.07. The molecule has 0 heterocycles. The number of hydrogen-bond acceptors (Lipinski definition) is 4. The molecule has 0 aromatic rings. The molecule has 0 saturated heterocycles. The fourth-order valence-electron chi connectivity index (χ4n) is 2.57. The molecule has 0 amide bonds. The van der Waals surface area contributed by atoms with Gasteiger partial charge < -0.3 is 14.9 Å². The van der Waals surface area contributed by atoms with Crippen molar-refractivity contribution < 1.29 is 0 Å². The Kier molecular flexibility index (Phi) is 7.23. The molecule has 0 aliphatic heterocycles. The lowest BCUT2D eigenvalue weighted by Crippen LogP contribution is -2.57. The van der Waals surface area contributed by atoms with Crippen LogP contribution in [0.4, 0.5) is 0 Å². The van der Waals surface area contributed by atoms with Crippen LogP contribution in [0.5, 0.6) is 0 Å². The van der Waals surface area contributed by atoms with Gasteiger partial charge in [0.2, 0.25) is 0 Å². The van der Waals surface area contributed by atoms with Gasteiger partial charge in [0.15, 0.2) is 0 Å². The lowest BCUT2D eigenvalue weighted by molar-refractivity contribution is 0.212. The zero-order chi connectivity index (χ0) is 11.8. The normalized spacial score (nSPS) is 17.8. The zero-order valence-electron chi connectivity index (χ0n) is 11.1. The second kappa shape index (κ2) is 8.19. The van der Waals surface area contributed by atoms with E-state index in [1.165, 1.54) is 38.8 Å². The molecule has 1 saturated carbocycles. The van der Waals surface area contributed by atoms with Gasteiger partial charge >= 0.3 is 0 Å². The van der Waals surface area contributed by atoms with Gasteiger partial charge in [-0.25, -0.2) is 0 Å². The Hall–Kier alpha value is 0.0569. The highest BCUT2D eigenvalue weighted by atomic mass is 28.3. The van der Waals surface area contributed by atoms with Crippen molar-refractivity contribution in [3.05, 3.63) is 0 Å².